The summed E-state index contributed by atoms with van der Waals surface area (Å²) >= 11 is 0. The van der Waals surface area contributed by atoms with Crippen LogP contribution in [0.3, 0.4) is 0 Å². The van der Waals surface area contributed by atoms with Crippen LogP contribution >= 0.6 is 0 Å². The number of para-hydroxylation sites is 1. The number of carbonyl (C=O) groups excluding carboxylic acids is 1. The van der Waals surface area contributed by atoms with Crippen molar-refractivity contribution in [2.24, 2.45) is 0 Å². The minimum atomic E-state index is -3.46. The smallest absolute Gasteiger partial charge is 0.335 e. The maximum absolute atomic E-state index is 12.1. The number of rotatable bonds is 9. The molecular weight excluding hydrogens is 368 g/mol. The first-order valence-corrected chi connectivity index (χ1v) is 10.7. The van der Waals surface area contributed by atoms with Gasteiger partial charge in [-0.1, -0.05) is 29.7 Å². The summed E-state index contributed by atoms with van der Waals surface area (Å²) in [5.74, 6) is 0.313. The van der Waals surface area contributed by atoms with Crippen LogP contribution in [0.1, 0.15) is 30.7 Å². The number of amides is 1. The van der Waals surface area contributed by atoms with E-state index in [-0.39, 0.29) is 11.1 Å². The fraction of sp³-hybridized carbons (Fsp3) is 0.389. The molecule has 2 aromatic heterocycles. The minimum absolute atomic E-state index is 0.00514. The van der Waals surface area contributed by atoms with E-state index < -0.39 is 9.84 Å². The summed E-state index contributed by atoms with van der Waals surface area (Å²) in [4.78, 5) is 15.3. The lowest BCUT2D eigenvalue weighted by Crippen LogP contribution is -2.26. The second-order valence-corrected chi connectivity index (χ2v) is 8.32. The van der Waals surface area contributed by atoms with Gasteiger partial charge in [-0.25, -0.2) is 8.42 Å². The van der Waals surface area contributed by atoms with Crippen molar-refractivity contribution < 1.29 is 17.6 Å². The molecule has 0 saturated carbocycles. The topological polar surface area (TPSA) is 118 Å². The van der Waals surface area contributed by atoms with Crippen LogP contribution in [0.25, 0.3) is 10.9 Å². The number of fused-ring (bicyclic) bond motifs is 1. The van der Waals surface area contributed by atoms with Gasteiger partial charge in [0.05, 0.1) is 6.42 Å². The zero-order valence-corrected chi connectivity index (χ0v) is 15.9. The molecule has 0 unspecified atom stereocenters. The molecule has 0 fully saturated rings. The molecule has 9 heteroatoms. The third-order valence-corrected chi connectivity index (χ3v) is 4.98. The summed E-state index contributed by atoms with van der Waals surface area (Å²) in [7, 11) is -3.46. The fourth-order valence-electron chi connectivity index (χ4n) is 2.81. The third kappa shape index (κ3) is 5.16. The number of aromatic amines is 1. The maximum atomic E-state index is 12.1. The highest BCUT2D eigenvalue weighted by molar-refractivity contribution is 7.90. The summed E-state index contributed by atoms with van der Waals surface area (Å²) < 4.78 is 27.6. The molecule has 2 heterocycles. The summed E-state index contributed by atoms with van der Waals surface area (Å²) in [6, 6.07) is 7.90. The Morgan fingerprint density at radius 1 is 1.19 bits per heavy atom. The SMILES string of the molecule is CS(=O)(=O)c1nnc(CCCCCNC(=O)Cc2c[nH]c3ccccc23)o1. The molecule has 144 valence electrons. The Morgan fingerprint density at radius 3 is 2.78 bits per heavy atom. The van der Waals surface area contributed by atoms with Crippen LogP contribution in [0.15, 0.2) is 40.1 Å². The first-order valence-electron chi connectivity index (χ1n) is 8.77. The Labute approximate surface area is 157 Å². The van der Waals surface area contributed by atoms with Gasteiger partial charge in [0.1, 0.15) is 0 Å². The molecule has 27 heavy (non-hydrogen) atoms. The molecule has 0 radical (unpaired) electrons. The lowest BCUT2D eigenvalue weighted by atomic mass is 10.1. The van der Waals surface area contributed by atoms with Crippen LogP contribution in [0, 0.1) is 0 Å². The monoisotopic (exact) mass is 390 g/mol. The number of carbonyl (C=O) groups is 1. The first kappa shape index (κ1) is 19.1. The number of nitrogens with one attached hydrogen (secondary N) is 2. The molecule has 2 N–H and O–H groups in total. The van der Waals surface area contributed by atoms with Crippen LogP contribution < -0.4 is 5.32 Å². The fourth-order valence-corrected chi connectivity index (χ4v) is 3.24. The van der Waals surface area contributed by atoms with Gasteiger partial charge in [-0.05, 0) is 24.5 Å². The first-order chi connectivity index (χ1) is 12.9. The number of H-pyrrole nitrogens is 1. The van der Waals surface area contributed by atoms with E-state index in [0.717, 1.165) is 42.0 Å². The van der Waals surface area contributed by atoms with E-state index in [2.05, 4.69) is 20.5 Å². The highest BCUT2D eigenvalue weighted by Gasteiger charge is 2.16. The predicted octanol–water partition coefficient (Wildman–Crippen LogP) is 2.03. The summed E-state index contributed by atoms with van der Waals surface area (Å²) in [6.07, 6.45) is 6.25. The number of nitrogens with zero attached hydrogens (tertiary/aromatic N) is 2. The number of aromatic nitrogens is 3. The molecule has 3 aromatic rings. The van der Waals surface area contributed by atoms with Crippen molar-refractivity contribution in [3.63, 3.8) is 0 Å². The van der Waals surface area contributed by atoms with E-state index in [4.69, 9.17) is 4.42 Å². The molecule has 1 amide bonds. The average molecular weight is 390 g/mol. The number of sulfone groups is 1. The molecule has 0 aliphatic carbocycles. The van der Waals surface area contributed by atoms with Crippen molar-refractivity contribution in [3.8, 4) is 0 Å². The van der Waals surface area contributed by atoms with E-state index in [9.17, 15) is 13.2 Å². The predicted molar refractivity (Wildman–Crippen MR) is 100.0 cm³/mol. The average Bonchev–Trinajstić information content (AvgIpc) is 3.25. The van der Waals surface area contributed by atoms with Gasteiger partial charge in [-0.15, -0.1) is 5.10 Å². The largest absolute Gasteiger partial charge is 0.413 e. The van der Waals surface area contributed by atoms with Gasteiger partial charge in [-0.3, -0.25) is 4.79 Å². The third-order valence-electron chi connectivity index (χ3n) is 4.18. The Morgan fingerprint density at radius 2 is 2.00 bits per heavy atom. The van der Waals surface area contributed by atoms with Crippen molar-refractivity contribution in [2.75, 3.05) is 12.8 Å². The van der Waals surface area contributed by atoms with Crippen molar-refractivity contribution >= 4 is 26.6 Å². The lowest BCUT2D eigenvalue weighted by Gasteiger charge is -2.04. The van der Waals surface area contributed by atoms with Gasteiger partial charge in [0, 0.05) is 36.3 Å². The van der Waals surface area contributed by atoms with Crippen LogP contribution in [0.4, 0.5) is 0 Å². The molecular formula is C18H22N4O4S. The molecule has 0 aliphatic heterocycles. The summed E-state index contributed by atoms with van der Waals surface area (Å²) in [5.41, 5.74) is 2.02. The second kappa shape index (κ2) is 8.34. The normalized spacial score (nSPS) is 11.7. The molecule has 0 saturated heterocycles. The van der Waals surface area contributed by atoms with Crippen molar-refractivity contribution in [1.82, 2.24) is 20.5 Å². The van der Waals surface area contributed by atoms with Crippen molar-refractivity contribution in [2.45, 2.75) is 37.3 Å². The highest BCUT2D eigenvalue weighted by atomic mass is 32.2. The number of hydrogen-bond acceptors (Lipinski definition) is 6. The van der Waals surface area contributed by atoms with Crippen molar-refractivity contribution in [3.05, 3.63) is 41.9 Å². The van der Waals surface area contributed by atoms with Gasteiger partial charge in [-0.2, -0.15) is 0 Å². The van der Waals surface area contributed by atoms with Gasteiger partial charge in [0.25, 0.3) is 0 Å². The molecule has 0 atom stereocenters. The van der Waals surface area contributed by atoms with Gasteiger partial charge >= 0.3 is 5.22 Å². The Hall–Kier alpha value is -2.68. The molecule has 0 spiro atoms. The summed E-state index contributed by atoms with van der Waals surface area (Å²) in [6.45, 7) is 0.597. The standard InChI is InChI=1S/C18H22N4O4S/c1-27(24,25)18-22-21-17(26-18)9-3-2-6-10-19-16(23)11-13-12-20-15-8-5-4-7-14(13)15/h4-5,7-8,12,20H,2-3,6,9-11H2,1H3,(H,19,23). The number of hydrogen-bond donors (Lipinski definition) is 2. The van der Waals surface area contributed by atoms with Crippen molar-refractivity contribution in [1.29, 1.82) is 0 Å². The van der Waals surface area contributed by atoms with Gasteiger partial charge in [0.2, 0.25) is 21.6 Å². The molecule has 1 aromatic carbocycles. The quantitative estimate of drug-likeness (QED) is 0.540. The second-order valence-electron chi connectivity index (χ2n) is 6.43. The zero-order valence-electron chi connectivity index (χ0n) is 15.1. The lowest BCUT2D eigenvalue weighted by molar-refractivity contribution is -0.120. The highest BCUT2D eigenvalue weighted by Crippen LogP contribution is 2.18. The van der Waals surface area contributed by atoms with Crippen LogP contribution in [-0.2, 0) is 27.5 Å². The molecule has 8 nitrogen and oxygen atoms in total. The van der Waals surface area contributed by atoms with E-state index in [0.29, 0.717) is 25.3 Å². The Balaban J connectivity index is 1.34. The van der Waals surface area contributed by atoms with Gasteiger partial charge in [0.15, 0.2) is 0 Å². The van der Waals surface area contributed by atoms with E-state index in [1.807, 2.05) is 30.5 Å². The summed E-state index contributed by atoms with van der Waals surface area (Å²) in [5, 5.41) is 10.9. The number of benzene rings is 1. The van der Waals surface area contributed by atoms with Gasteiger partial charge < -0.3 is 14.7 Å². The molecule has 0 aliphatic rings. The number of aryl methyl sites for hydroxylation is 1. The van der Waals surface area contributed by atoms with Crippen LogP contribution in [-0.4, -0.2) is 42.3 Å². The Kier molecular flexibility index (Phi) is 5.90. The van der Waals surface area contributed by atoms with Crippen LogP contribution in [0.5, 0.6) is 0 Å². The molecule has 3 rings (SSSR count). The number of unbranched alkanes of at least 4 members (excludes halogenated alkanes) is 2. The van der Waals surface area contributed by atoms with E-state index in [1.54, 1.807) is 0 Å². The van der Waals surface area contributed by atoms with Crippen LogP contribution in [0.2, 0.25) is 0 Å². The van der Waals surface area contributed by atoms with E-state index >= 15 is 0 Å². The zero-order chi connectivity index (χ0) is 19.3. The Bertz CT molecular complexity index is 1020. The van der Waals surface area contributed by atoms with E-state index in [1.165, 1.54) is 0 Å². The minimum Gasteiger partial charge on any atom is -0.413 e. The maximum Gasteiger partial charge on any atom is 0.335 e. The molecule has 0 bridgehead atoms.